The van der Waals surface area contributed by atoms with Crippen molar-refractivity contribution in [2.45, 2.75) is 38.3 Å². The average Bonchev–Trinajstić information content (AvgIpc) is 3.02. The van der Waals surface area contributed by atoms with Gasteiger partial charge in [-0.3, -0.25) is 9.69 Å². The van der Waals surface area contributed by atoms with Crippen molar-refractivity contribution in [2.75, 3.05) is 33.4 Å². The van der Waals surface area contributed by atoms with Gasteiger partial charge in [-0.05, 0) is 36.6 Å². The lowest BCUT2D eigenvalue weighted by molar-refractivity contribution is -0.141. The molecule has 2 saturated heterocycles. The van der Waals surface area contributed by atoms with Gasteiger partial charge < -0.3 is 9.64 Å². The summed E-state index contributed by atoms with van der Waals surface area (Å²) in [6, 6.07) is 4.81. The Kier molecular flexibility index (Phi) is 5.50. The van der Waals surface area contributed by atoms with Crippen LogP contribution in [0.5, 0.6) is 0 Å². The van der Waals surface area contributed by atoms with Crippen molar-refractivity contribution < 1.29 is 9.53 Å². The Hall–Kier alpha value is -0.910. The van der Waals surface area contributed by atoms with Gasteiger partial charge in [-0.15, -0.1) is 11.3 Å². The highest BCUT2D eigenvalue weighted by Crippen LogP contribution is 2.32. The quantitative estimate of drug-likeness (QED) is 0.755. The number of thiophene rings is 1. The van der Waals surface area contributed by atoms with E-state index in [0.29, 0.717) is 17.9 Å². The number of carbonyl (C=O) groups is 1. The Labute approximate surface area is 137 Å². The van der Waals surface area contributed by atoms with Crippen LogP contribution in [0.1, 0.15) is 30.6 Å². The topological polar surface area (TPSA) is 32.8 Å². The van der Waals surface area contributed by atoms with Crippen LogP contribution in [-0.2, 0) is 16.1 Å². The third-order valence-corrected chi connectivity index (χ3v) is 5.80. The number of fused-ring (bicyclic) bond motifs is 1. The Bertz CT molecular complexity index is 477. The molecule has 22 heavy (non-hydrogen) atoms. The van der Waals surface area contributed by atoms with E-state index in [9.17, 15) is 4.79 Å². The first kappa shape index (κ1) is 16.0. The molecule has 0 N–H and O–H groups in total. The van der Waals surface area contributed by atoms with Gasteiger partial charge >= 0.3 is 0 Å². The maximum absolute atomic E-state index is 12.3. The molecule has 2 aliphatic heterocycles. The van der Waals surface area contributed by atoms with Crippen LogP contribution < -0.4 is 0 Å². The van der Waals surface area contributed by atoms with E-state index in [1.165, 1.54) is 4.88 Å². The molecule has 0 bridgehead atoms. The van der Waals surface area contributed by atoms with Crippen LogP contribution in [0.25, 0.3) is 0 Å². The molecule has 1 aromatic rings. The zero-order valence-corrected chi connectivity index (χ0v) is 14.2. The standard InChI is InChI=1S/C17H26N2O2S/c1-21-10-3-8-19-16-7-9-18(13-15-4-2-11-22-15)12-14(16)5-6-17(19)20/h2,4,11,14,16H,3,5-10,12-13H2,1H3/t14-,16+/m1/s1. The zero-order chi connectivity index (χ0) is 15.4. The monoisotopic (exact) mass is 322 g/mol. The minimum absolute atomic E-state index is 0.351. The number of rotatable bonds is 6. The summed E-state index contributed by atoms with van der Waals surface area (Å²) in [7, 11) is 1.73. The van der Waals surface area contributed by atoms with E-state index in [1.54, 1.807) is 7.11 Å². The highest BCUT2D eigenvalue weighted by Gasteiger charge is 2.38. The summed E-state index contributed by atoms with van der Waals surface area (Å²) in [6.45, 7) is 4.91. The van der Waals surface area contributed by atoms with E-state index in [1.807, 2.05) is 11.3 Å². The van der Waals surface area contributed by atoms with Crippen molar-refractivity contribution in [1.29, 1.82) is 0 Å². The molecule has 4 nitrogen and oxygen atoms in total. The number of piperidine rings is 2. The minimum Gasteiger partial charge on any atom is -0.385 e. The van der Waals surface area contributed by atoms with Crippen molar-refractivity contribution in [3.05, 3.63) is 22.4 Å². The molecule has 0 aliphatic carbocycles. The molecule has 0 unspecified atom stereocenters. The van der Waals surface area contributed by atoms with Crippen LogP contribution in [0.4, 0.5) is 0 Å². The summed E-state index contributed by atoms with van der Waals surface area (Å²) in [6.07, 6.45) is 3.85. The average molecular weight is 322 g/mol. The second-order valence-electron chi connectivity index (χ2n) is 6.40. The Morgan fingerprint density at radius 1 is 1.41 bits per heavy atom. The van der Waals surface area contributed by atoms with Crippen molar-refractivity contribution >= 4 is 17.2 Å². The van der Waals surface area contributed by atoms with Gasteiger partial charge in [-0.2, -0.15) is 0 Å². The van der Waals surface area contributed by atoms with Gasteiger partial charge in [0.15, 0.2) is 0 Å². The van der Waals surface area contributed by atoms with Crippen LogP contribution in [0.3, 0.4) is 0 Å². The predicted molar refractivity (Wildman–Crippen MR) is 88.9 cm³/mol. The first-order valence-electron chi connectivity index (χ1n) is 8.31. The molecule has 1 amide bonds. The van der Waals surface area contributed by atoms with Crippen molar-refractivity contribution in [2.24, 2.45) is 5.92 Å². The summed E-state index contributed by atoms with van der Waals surface area (Å²) in [4.78, 5) is 18.4. The van der Waals surface area contributed by atoms with E-state index in [4.69, 9.17) is 4.74 Å². The number of nitrogens with zero attached hydrogens (tertiary/aromatic N) is 2. The molecule has 5 heteroatoms. The lowest BCUT2D eigenvalue weighted by Crippen LogP contribution is -2.56. The first-order chi connectivity index (χ1) is 10.8. The molecule has 3 heterocycles. The maximum atomic E-state index is 12.3. The second-order valence-corrected chi connectivity index (χ2v) is 7.43. The fraction of sp³-hybridized carbons (Fsp3) is 0.706. The summed E-state index contributed by atoms with van der Waals surface area (Å²) < 4.78 is 5.13. The highest BCUT2D eigenvalue weighted by atomic mass is 32.1. The number of hydrogen-bond donors (Lipinski definition) is 0. The number of amides is 1. The highest BCUT2D eigenvalue weighted by molar-refractivity contribution is 7.09. The molecular weight excluding hydrogens is 296 g/mol. The van der Waals surface area contributed by atoms with Gasteiger partial charge in [-0.25, -0.2) is 0 Å². The smallest absolute Gasteiger partial charge is 0.222 e. The van der Waals surface area contributed by atoms with E-state index < -0.39 is 0 Å². The van der Waals surface area contributed by atoms with Crippen LogP contribution in [0.15, 0.2) is 17.5 Å². The number of hydrogen-bond acceptors (Lipinski definition) is 4. The molecule has 1 aromatic heterocycles. The van der Waals surface area contributed by atoms with Crippen LogP contribution in [0.2, 0.25) is 0 Å². The van der Waals surface area contributed by atoms with Gasteiger partial charge in [0.2, 0.25) is 5.91 Å². The van der Waals surface area contributed by atoms with Gasteiger partial charge in [0.25, 0.3) is 0 Å². The molecule has 0 saturated carbocycles. The van der Waals surface area contributed by atoms with Crippen molar-refractivity contribution in [3.63, 3.8) is 0 Å². The fourth-order valence-corrected chi connectivity index (χ4v) is 4.61. The molecular formula is C17H26N2O2S. The number of carbonyl (C=O) groups excluding carboxylic acids is 1. The third kappa shape index (κ3) is 3.70. The Morgan fingerprint density at radius 2 is 2.32 bits per heavy atom. The summed E-state index contributed by atoms with van der Waals surface area (Å²) >= 11 is 1.84. The van der Waals surface area contributed by atoms with E-state index >= 15 is 0 Å². The molecule has 2 fully saturated rings. The van der Waals surface area contributed by atoms with E-state index in [0.717, 1.165) is 58.5 Å². The van der Waals surface area contributed by atoms with E-state index in [-0.39, 0.29) is 0 Å². The van der Waals surface area contributed by atoms with Crippen LogP contribution in [0, 0.1) is 5.92 Å². The third-order valence-electron chi connectivity index (χ3n) is 4.93. The molecule has 0 radical (unpaired) electrons. The van der Waals surface area contributed by atoms with Crippen molar-refractivity contribution in [3.8, 4) is 0 Å². The normalized spacial score (nSPS) is 26.2. The van der Waals surface area contributed by atoms with Crippen LogP contribution >= 0.6 is 11.3 Å². The number of likely N-dealkylation sites (tertiary alicyclic amines) is 2. The van der Waals surface area contributed by atoms with Gasteiger partial charge in [-0.1, -0.05) is 6.07 Å². The molecule has 0 spiro atoms. The number of ether oxygens (including phenoxy) is 1. The molecule has 122 valence electrons. The molecule has 2 atom stereocenters. The summed E-state index contributed by atoms with van der Waals surface area (Å²) in [5.74, 6) is 0.998. The molecule has 0 aromatic carbocycles. The van der Waals surface area contributed by atoms with Gasteiger partial charge in [0.05, 0.1) is 0 Å². The van der Waals surface area contributed by atoms with Gasteiger partial charge in [0, 0.05) is 57.2 Å². The minimum atomic E-state index is 0.351. The van der Waals surface area contributed by atoms with Crippen LogP contribution in [-0.4, -0.2) is 55.1 Å². The van der Waals surface area contributed by atoms with Crippen molar-refractivity contribution in [1.82, 2.24) is 9.80 Å². The fourth-order valence-electron chi connectivity index (χ4n) is 3.86. The lowest BCUT2D eigenvalue weighted by atomic mass is 9.83. The summed E-state index contributed by atoms with van der Waals surface area (Å²) in [5.41, 5.74) is 0. The summed E-state index contributed by atoms with van der Waals surface area (Å²) in [5, 5.41) is 2.15. The largest absolute Gasteiger partial charge is 0.385 e. The Balaban J connectivity index is 1.57. The molecule has 2 aliphatic rings. The maximum Gasteiger partial charge on any atom is 0.222 e. The number of methoxy groups -OCH3 is 1. The SMILES string of the molecule is COCCCN1C(=O)CC[C@@H]2CN(Cc3cccs3)CC[C@@H]21. The first-order valence-corrected chi connectivity index (χ1v) is 9.19. The lowest BCUT2D eigenvalue weighted by Gasteiger charge is -2.47. The molecule has 3 rings (SSSR count). The van der Waals surface area contributed by atoms with Gasteiger partial charge in [0.1, 0.15) is 0 Å². The second kappa shape index (κ2) is 7.57. The predicted octanol–water partition coefficient (Wildman–Crippen LogP) is 2.60. The van der Waals surface area contributed by atoms with E-state index in [2.05, 4.69) is 27.3 Å². The Morgan fingerprint density at radius 3 is 3.09 bits per heavy atom. The zero-order valence-electron chi connectivity index (χ0n) is 13.4.